The molecule has 2 aromatic carbocycles. The van der Waals surface area contributed by atoms with Crippen molar-refractivity contribution in [1.29, 1.82) is 0 Å². The number of hydrogen-bond acceptors (Lipinski definition) is 5. The summed E-state index contributed by atoms with van der Waals surface area (Å²) in [4.78, 5) is 25.9. The maximum absolute atomic E-state index is 13.2. The molecule has 0 radical (unpaired) electrons. The fourth-order valence-corrected chi connectivity index (χ4v) is 3.27. The highest BCUT2D eigenvalue weighted by Gasteiger charge is 2.24. The van der Waals surface area contributed by atoms with Gasteiger partial charge < -0.3 is 18.9 Å². The number of amides is 1. The van der Waals surface area contributed by atoms with E-state index in [4.69, 9.17) is 36.8 Å². The Bertz CT molecular complexity index is 1310. The van der Waals surface area contributed by atoms with Crippen LogP contribution in [0.4, 0.5) is 5.69 Å². The highest BCUT2D eigenvalue weighted by atomic mass is 35.5. The Morgan fingerprint density at radius 1 is 1.13 bits per heavy atom. The Morgan fingerprint density at radius 2 is 1.87 bits per heavy atom. The van der Waals surface area contributed by atoms with Gasteiger partial charge in [-0.05, 0) is 67.9 Å². The lowest BCUT2D eigenvalue weighted by molar-refractivity contribution is -0.122. The summed E-state index contributed by atoms with van der Waals surface area (Å²) in [6, 6.07) is 13.1. The van der Waals surface area contributed by atoms with Gasteiger partial charge in [0.05, 0.1) is 11.6 Å². The van der Waals surface area contributed by atoms with Gasteiger partial charge in [-0.1, -0.05) is 23.2 Å². The summed E-state index contributed by atoms with van der Waals surface area (Å²) in [5, 5.41) is 3.93. The van der Waals surface area contributed by atoms with E-state index in [1.54, 1.807) is 42.5 Å². The summed E-state index contributed by atoms with van der Waals surface area (Å²) in [5.41, 5.74) is 1.18. The van der Waals surface area contributed by atoms with Crippen LogP contribution in [0.3, 0.4) is 0 Å². The minimum atomic E-state index is -1.01. The molecule has 8 heteroatoms. The smallest absolute Gasteiger partial charge is 0.265 e. The monoisotopic (exact) mass is 457 g/mol. The molecule has 1 N–H and O–H groups in total. The zero-order valence-corrected chi connectivity index (χ0v) is 18.1. The number of nitrogens with one attached hydrogen (secondary N) is 1. The van der Waals surface area contributed by atoms with Crippen LogP contribution in [0, 0.1) is 6.92 Å². The zero-order chi connectivity index (χ0) is 22.1. The van der Waals surface area contributed by atoms with Gasteiger partial charge in [-0.2, -0.15) is 0 Å². The molecule has 1 atom stereocenters. The van der Waals surface area contributed by atoms with Crippen LogP contribution in [0.25, 0.3) is 22.5 Å². The van der Waals surface area contributed by atoms with E-state index < -0.39 is 17.4 Å². The Kier molecular flexibility index (Phi) is 5.76. The van der Waals surface area contributed by atoms with Crippen molar-refractivity contribution in [3.63, 3.8) is 0 Å². The van der Waals surface area contributed by atoms with E-state index in [9.17, 15) is 9.59 Å². The van der Waals surface area contributed by atoms with Crippen molar-refractivity contribution >= 4 is 45.8 Å². The number of fused-ring (bicyclic) bond motifs is 1. The van der Waals surface area contributed by atoms with Gasteiger partial charge in [0.25, 0.3) is 5.91 Å². The van der Waals surface area contributed by atoms with Crippen molar-refractivity contribution in [3.05, 3.63) is 80.6 Å². The molecule has 0 bridgehead atoms. The van der Waals surface area contributed by atoms with Gasteiger partial charge in [0.1, 0.15) is 5.58 Å². The molecule has 0 saturated heterocycles. The van der Waals surface area contributed by atoms with Gasteiger partial charge in [0, 0.05) is 15.7 Å². The van der Waals surface area contributed by atoms with Crippen molar-refractivity contribution in [2.24, 2.45) is 0 Å². The number of anilines is 1. The van der Waals surface area contributed by atoms with Crippen molar-refractivity contribution in [2.75, 3.05) is 5.32 Å². The molecule has 4 rings (SSSR count). The fraction of sp³-hybridized carbons (Fsp3) is 0.130. The average molecular weight is 458 g/mol. The Hall–Kier alpha value is -3.22. The van der Waals surface area contributed by atoms with E-state index in [-0.39, 0.29) is 16.9 Å². The summed E-state index contributed by atoms with van der Waals surface area (Å²) in [6.45, 7) is 3.34. The predicted octanol–water partition coefficient (Wildman–Crippen LogP) is 6.07. The molecule has 0 fully saturated rings. The molecule has 2 aromatic heterocycles. The molecule has 4 aromatic rings. The first-order valence-electron chi connectivity index (χ1n) is 9.37. The van der Waals surface area contributed by atoms with E-state index in [0.717, 1.165) is 5.56 Å². The van der Waals surface area contributed by atoms with Crippen molar-refractivity contribution in [2.45, 2.75) is 20.0 Å². The molecule has 1 unspecified atom stereocenters. The van der Waals surface area contributed by atoms with Crippen molar-refractivity contribution < 1.29 is 18.4 Å². The van der Waals surface area contributed by atoms with Gasteiger partial charge in [-0.3, -0.25) is 9.59 Å². The first-order chi connectivity index (χ1) is 14.8. The number of ether oxygens (including phenoxy) is 1. The molecule has 0 saturated carbocycles. The molecule has 0 aliphatic heterocycles. The molecule has 158 valence electrons. The molecule has 31 heavy (non-hydrogen) atoms. The van der Waals surface area contributed by atoms with Gasteiger partial charge in [-0.25, -0.2) is 0 Å². The van der Waals surface area contributed by atoms with Crippen LogP contribution in [-0.2, 0) is 4.79 Å². The number of halogens is 2. The first kappa shape index (κ1) is 21.0. The highest BCUT2D eigenvalue weighted by Crippen LogP contribution is 2.33. The van der Waals surface area contributed by atoms with Crippen LogP contribution < -0.4 is 15.5 Å². The van der Waals surface area contributed by atoms with Crippen molar-refractivity contribution in [1.82, 2.24) is 0 Å². The van der Waals surface area contributed by atoms with Crippen LogP contribution in [-0.4, -0.2) is 12.0 Å². The largest absolute Gasteiger partial charge is 0.473 e. The quantitative estimate of drug-likeness (QED) is 0.392. The lowest BCUT2D eigenvalue weighted by atomic mass is 10.1. The number of benzene rings is 2. The van der Waals surface area contributed by atoms with Crippen LogP contribution in [0.15, 0.2) is 68.4 Å². The SMILES string of the molecule is Cc1cc2oc(-c3ccco3)c(OC(C)C(=O)Nc3ccc(Cl)cc3)c(=O)c2cc1Cl. The Morgan fingerprint density at radius 3 is 2.55 bits per heavy atom. The van der Waals surface area contributed by atoms with Crippen LogP contribution >= 0.6 is 23.2 Å². The number of rotatable bonds is 5. The molecular formula is C23H17Cl2NO5. The maximum Gasteiger partial charge on any atom is 0.265 e. The fourth-order valence-electron chi connectivity index (χ4n) is 2.98. The molecule has 0 aliphatic carbocycles. The Labute approximate surface area is 187 Å². The number of aryl methyl sites for hydroxylation is 1. The van der Waals surface area contributed by atoms with E-state index in [1.165, 1.54) is 19.3 Å². The summed E-state index contributed by atoms with van der Waals surface area (Å²) in [7, 11) is 0. The Balaban J connectivity index is 1.73. The molecule has 0 spiro atoms. The first-order valence-corrected chi connectivity index (χ1v) is 10.1. The number of carbonyl (C=O) groups excluding carboxylic acids is 1. The standard InChI is InChI=1S/C23H17Cl2NO5/c1-12-10-19-16(11-17(12)25)20(27)22(21(31-19)18-4-3-9-29-18)30-13(2)23(28)26-15-7-5-14(24)6-8-15/h3-11,13H,1-2H3,(H,26,28). The third kappa shape index (κ3) is 4.31. The maximum atomic E-state index is 13.2. The summed E-state index contributed by atoms with van der Waals surface area (Å²) in [5.74, 6) is -0.197. The van der Waals surface area contributed by atoms with Crippen LogP contribution in [0.1, 0.15) is 12.5 Å². The van der Waals surface area contributed by atoms with Gasteiger partial charge in [0.2, 0.25) is 16.9 Å². The number of carbonyl (C=O) groups is 1. The normalized spacial score (nSPS) is 12.0. The second kappa shape index (κ2) is 8.49. The second-order valence-corrected chi connectivity index (χ2v) is 7.76. The van der Waals surface area contributed by atoms with Crippen LogP contribution in [0.2, 0.25) is 10.0 Å². The van der Waals surface area contributed by atoms with Gasteiger partial charge >= 0.3 is 0 Å². The van der Waals surface area contributed by atoms with E-state index in [2.05, 4.69) is 5.32 Å². The molecule has 6 nitrogen and oxygen atoms in total. The average Bonchev–Trinajstić information content (AvgIpc) is 3.27. The summed E-state index contributed by atoms with van der Waals surface area (Å²) < 4.78 is 17.1. The lowest BCUT2D eigenvalue weighted by Gasteiger charge is -2.16. The van der Waals surface area contributed by atoms with E-state index >= 15 is 0 Å². The van der Waals surface area contributed by atoms with Gasteiger partial charge in [-0.15, -0.1) is 0 Å². The molecule has 2 heterocycles. The van der Waals surface area contributed by atoms with Gasteiger partial charge in [0.15, 0.2) is 11.9 Å². The van der Waals surface area contributed by atoms with Crippen molar-refractivity contribution in [3.8, 4) is 17.3 Å². The second-order valence-electron chi connectivity index (χ2n) is 6.92. The third-order valence-corrected chi connectivity index (χ3v) is 5.31. The topological polar surface area (TPSA) is 81.7 Å². The molecule has 1 amide bonds. The van der Waals surface area contributed by atoms with E-state index in [0.29, 0.717) is 27.1 Å². The molecular weight excluding hydrogens is 441 g/mol. The zero-order valence-electron chi connectivity index (χ0n) is 16.6. The minimum absolute atomic E-state index is 0.0929. The van der Waals surface area contributed by atoms with Crippen LogP contribution in [0.5, 0.6) is 5.75 Å². The number of furan rings is 1. The minimum Gasteiger partial charge on any atom is -0.473 e. The summed E-state index contributed by atoms with van der Waals surface area (Å²) >= 11 is 12.1. The highest BCUT2D eigenvalue weighted by molar-refractivity contribution is 6.32. The molecule has 0 aliphatic rings. The lowest BCUT2D eigenvalue weighted by Crippen LogP contribution is -2.31. The third-order valence-electron chi connectivity index (χ3n) is 4.65. The summed E-state index contributed by atoms with van der Waals surface area (Å²) in [6.07, 6.45) is 0.443. The number of hydrogen-bond donors (Lipinski definition) is 1. The predicted molar refractivity (Wildman–Crippen MR) is 120 cm³/mol. The van der Waals surface area contributed by atoms with E-state index in [1.807, 2.05) is 6.92 Å².